The molecule has 0 saturated heterocycles. The van der Waals surface area contributed by atoms with Crippen molar-refractivity contribution < 1.29 is 0 Å². The smallest absolute Gasteiger partial charge is 0.0459 e. The van der Waals surface area contributed by atoms with E-state index in [-0.39, 0.29) is 0 Å². The molecule has 1 aliphatic rings. The number of hydrogen-bond donors (Lipinski definition) is 2. The monoisotopic (exact) mass is 228 g/mol. The molecule has 3 rings (SSSR count). The summed E-state index contributed by atoms with van der Waals surface area (Å²) in [7, 11) is 2.06. The Morgan fingerprint density at radius 2 is 2.06 bits per heavy atom. The van der Waals surface area contributed by atoms with Crippen LogP contribution in [-0.2, 0) is 5.41 Å². The van der Waals surface area contributed by atoms with E-state index >= 15 is 0 Å². The predicted octanol–water partition coefficient (Wildman–Crippen LogP) is 3.12. The average Bonchev–Trinajstić information content (AvgIpc) is 2.60. The number of para-hydroxylation sites is 1. The summed E-state index contributed by atoms with van der Waals surface area (Å²) in [6.07, 6.45) is 3.99. The molecule has 0 radical (unpaired) electrons. The second kappa shape index (κ2) is 3.88. The number of aryl methyl sites for hydroxylation is 1. The van der Waals surface area contributed by atoms with Gasteiger partial charge in [0.05, 0.1) is 0 Å². The lowest BCUT2D eigenvalue weighted by molar-refractivity contribution is 0.240. The Hall–Kier alpha value is -1.28. The van der Waals surface area contributed by atoms with Crippen molar-refractivity contribution in [2.45, 2.75) is 31.6 Å². The lowest BCUT2D eigenvalue weighted by Gasteiger charge is -2.42. The van der Waals surface area contributed by atoms with E-state index < -0.39 is 0 Å². The van der Waals surface area contributed by atoms with Gasteiger partial charge in [-0.05, 0) is 38.4 Å². The minimum atomic E-state index is 0.373. The number of H-pyrrole nitrogens is 1. The van der Waals surface area contributed by atoms with E-state index in [1.54, 1.807) is 5.56 Å². The molecular weight excluding hydrogens is 208 g/mol. The van der Waals surface area contributed by atoms with Gasteiger partial charge in [-0.25, -0.2) is 0 Å². The summed E-state index contributed by atoms with van der Waals surface area (Å²) < 4.78 is 0. The third kappa shape index (κ3) is 1.51. The van der Waals surface area contributed by atoms with E-state index in [0.29, 0.717) is 5.41 Å². The Morgan fingerprint density at radius 1 is 1.29 bits per heavy atom. The maximum atomic E-state index is 3.53. The van der Waals surface area contributed by atoms with Crippen molar-refractivity contribution in [2.24, 2.45) is 0 Å². The maximum absolute atomic E-state index is 3.53. The molecule has 0 spiro atoms. The highest BCUT2D eigenvalue weighted by molar-refractivity contribution is 5.86. The fraction of sp³-hybridized carbons (Fsp3) is 0.467. The Kier molecular flexibility index (Phi) is 2.48. The van der Waals surface area contributed by atoms with Gasteiger partial charge in [-0.2, -0.15) is 0 Å². The first-order valence-corrected chi connectivity index (χ1v) is 6.49. The van der Waals surface area contributed by atoms with Crippen molar-refractivity contribution in [1.29, 1.82) is 0 Å². The molecule has 1 heterocycles. The second-order valence-corrected chi connectivity index (χ2v) is 5.33. The van der Waals surface area contributed by atoms with Gasteiger partial charge in [0.25, 0.3) is 0 Å². The van der Waals surface area contributed by atoms with Crippen LogP contribution in [0.5, 0.6) is 0 Å². The van der Waals surface area contributed by atoms with Crippen molar-refractivity contribution in [3.8, 4) is 0 Å². The lowest BCUT2D eigenvalue weighted by atomic mass is 9.63. The summed E-state index contributed by atoms with van der Waals surface area (Å²) >= 11 is 0. The zero-order chi connectivity index (χ0) is 11.9. The van der Waals surface area contributed by atoms with E-state index in [9.17, 15) is 0 Å². The largest absolute Gasteiger partial charge is 0.358 e. The molecule has 2 aromatic rings. The van der Waals surface area contributed by atoms with Crippen LogP contribution in [0.4, 0.5) is 0 Å². The molecule has 1 aromatic carbocycles. The third-order valence-corrected chi connectivity index (χ3v) is 4.25. The van der Waals surface area contributed by atoms with E-state index in [1.807, 2.05) is 0 Å². The van der Waals surface area contributed by atoms with Gasteiger partial charge >= 0.3 is 0 Å². The molecule has 2 nitrogen and oxygen atoms in total. The number of benzene rings is 1. The van der Waals surface area contributed by atoms with E-state index in [0.717, 1.165) is 6.54 Å². The van der Waals surface area contributed by atoms with Gasteiger partial charge in [-0.1, -0.05) is 24.6 Å². The summed E-state index contributed by atoms with van der Waals surface area (Å²) in [6.45, 7) is 3.31. The van der Waals surface area contributed by atoms with Crippen molar-refractivity contribution in [3.63, 3.8) is 0 Å². The minimum absolute atomic E-state index is 0.373. The van der Waals surface area contributed by atoms with Crippen LogP contribution >= 0.6 is 0 Å². The van der Waals surface area contributed by atoms with Gasteiger partial charge in [0.2, 0.25) is 0 Å². The molecule has 90 valence electrons. The van der Waals surface area contributed by atoms with Crippen LogP contribution in [-0.4, -0.2) is 18.6 Å². The Balaban J connectivity index is 2.18. The summed E-state index contributed by atoms with van der Waals surface area (Å²) in [6, 6.07) is 8.68. The normalized spacial score (nSPS) is 18.2. The van der Waals surface area contributed by atoms with Crippen molar-refractivity contribution >= 4 is 10.9 Å². The fourth-order valence-electron chi connectivity index (χ4n) is 3.42. The van der Waals surface area contributed by atoms with Crippen LogP contribution in [0.15, 0.2) is 24.3 Å². The fourth-order valence-corrected chi connectivity index (χ4v) is 3.42. The molecule has 0 unspecified atom stereocenters. The van der Waals surface area contributed by atoms with E-state index in [2.05, 4.69) is 48.5 Å². The number of likely N-dealkylation sites (N-methyl/N-ethyl adjacent to an activating group) is 1. The van der Waals surface area contributed by atoms with Crippen molar-refractivity contribution in [3.05, 3.63) is 35.5 Å². The molecule has 0 aliphatic heterocycles. The molecule has 17 heavy (non-hydrogen) atoms. The van der Waals surface area contributed by atoms with Crippen LogP contribution in [0.25, 0.3) is 10.9 Å². The molecular formula is C15H20N2. The van der Waals surface area contributed by atoms with Crippen LogP contribution in [0.2, 0.25) is 0 Å². The molecule has 2 heteroatoms. The van der Waals surface area contributed by atoms with Crippen LogP contribution in [0.1, 0.15) is 30.5 Å². The Labute approximate surface area is 102 Å². The third-order valence-electron chi connectivity index (χ3n) is 4.25. The average molecular weight is 228 g/mol. The molecule has 0 atom stereocenters. The van der Waals surface area contributed by atoms with Crippen LogP contribution < -0.4 is 5.32 Å². The molecule has 1 fully saturated rings. The minimum Gasteiger partial charge on any atom is -0.358 e. The molecule has 1 saturated carbocycles. The quantitative estimate of drug-likeness (QED) is 0.830. The maximum Gasteiger partial charge on any atom is 0.0459 e. The molecule has 1 aromatic heterocycles. The van der Waals surface area contributed by atoms with E-state index in [4.69, 9.17) is 0 Å². The van der Waals surface area contributed by atoms with Crippen molar-refractivity contribution in [2.75, 3.05) is 13.6 Å². The van der Waals surface area contributed by atoms with Gasteiger partial charge in [-0.3, -0.25) is 0 Å². The summed E-state index contributed by atoms with van der Waals surface area (Å²) in [4.78, 5) is 3.53. The molecule has 1 aliphatic carbocycles. The molecule has 2 N–H and O–H groups in total. The second-order valence-electron chi connectivity index (χ2n) is 5.33. The highest BCUT2D eigenvalue weighted by atomic mass is 14.8. The Bertz CT molecular complexity index is 535. The lowest BCUT2D eigenvalue weighted by Crippen LogP contribution is -2.43. The van der Waals surface area contributed by atoms with Gasteiger partial charge in [0, 0.05) is 28.6 Å². The molecule has 0 amide bonds. The highest BCUT2D eigenvalue weighted by Gasteiger charge is 2.40. The van der Waals surface area contributed by atoms with Gasteiger partial charge < -0.3 is 10.3 Å². The number of aromatic amines is 1. The number of aromatic nitrogens is 1. The number of hydrogen-bond acceptors (Lipinski definition) is 1. The highest BCUT2D eigenvalue weighted by Crippen LogP contribution is 2.47. The van der Waals surface area contributed by atoms with Gasteiger partial charge in [0.15, 0.2) is 0 Å². The van der Waals surface area contributed by atoms with Gasteiger partial charge in [-0.15, -0.1) is 0 Å². The summed E-state index contributed by atoms with van der Waals surface area (Å²) in [5.41, 5.74) is 4.55. The van der Waals surface area contributed by atoms with E-state index in [1.165, 1.54) is 35.9 Å². The zero-order valence-corrected chi connectivity index (χ0v) is 10.6. The predicted molar refractivity (Wildman–Crippen MR) is 72.5 cm³/mol. The topological polar surface area (TPSA) is 27.8 Å². The first-order chi connectivity index (χ1) is 8.27. The first kappa shape index (κ1) is 10.8. The zero-order valence-electron chi connectivity index (χ0n) is 10.6. The summed E-state index contributed by atoms with van der Waals surface area (Å²) in [5.74, 6) is 0. The first-order valence-electron chi connectivity index (χ1n) is 6.49. The number of nitrogens with one attached hydrogen (secondary N) is 2. The Morgan fingerprint density at radius 3 is 2.71 bits per heavy atom. The molecule has 0 bridgehead atoms. The standard InChI is InChI=1S/C15H20N2/c1-11-14(15(10-16-2)8-5-9-15)12-6-3-4-7-13(12)17-11/h3-4,6-7,16-17H,5,8-10H2,1-2H3. The van der Waals surface area contributed by atoms with Crippen LogP contribution in [0, 0.1) is 6.92 Å². The van der Waals surface area contributed by atoms with Crippen molar-refractivity contribution in [1.82, 2.24) is 10.3 Å². The SMILES string of the molecule is CNCC1(c2c(C)[nH]c3ccccc23)CCC1. The van der Waals surface area contributed by atoms with Crippen LogP contribution in [0.3, 0.4) is 0 Å². The number of rotatable bonds is 3. The van der Waals surface area contributed by atoms with Gasteiger partial charge in [0.1, 0.15) is 0 Å². The summed E-state index contributed by atoms with van der Waals surface area (Å²) in [5, 5.41) is 4.79. The number of fused-ring (bicyclic) bond motifs is 1.